The van der Waals surface area contributed by atoms with Crippen molar-refractivity contribution in [1.82, 2.24) is 30.3 Å². The van der Waals surface area contributed by atoms with Crippen LogP contribution in [0.5, 0.6) is 0 Å². The van der Waals surface area contributed by atoms with E-state index < -0.39 is 0 Å². The van der Waals surface area contributed by atoms with Gasteiger partial charge in [-0.15, -0.1) is 24.0 Å². The second kappa shape index (κ2) is 10.8. The maximum atomic E-state index is 6.52. The van der Waals surface area contributed by atoms with E-state index in [-0.39, 0.29) is 24.0 Å². The van der Waals surface area contributed by atoms with Gasteiger partial charge in [0.2, 0.25) is 0 Å². The van der Waals surface area contributed by atoms with Crippen molar-refractivity contribution in [3.8, 4) is 0 Å². The van der Waals surface area contributed by atoms with Gasteiger partial charge in [-0.2, -0.15) is 5.10 Å². The van der Waals surface area contributed by atoms with Crippen molar-refractivity contribution in [3.05, 3.63) is 40.9 Å². The third-order valence-electron chi connectivity index (χ3n) is 4.81. The smallest absolute Gasteiger partial charge is 0.191 e. The van der Waals surface area contributed by atoms with Gasteiger partial charge in [0.1, 0.15) is 12.2 Å². The third kappa shape index (κ3) is 5.71. The highest BCUT2D eigenvalue weighted by Crippen LogP contribution is 2.28. The molecule has 8 nitrogen and oxygen atoms in total. The average Bonchev–Trinajstić information content (AvgIpc) is 3.08. The number of benzene rings is 1. The molecule has 0 spiro atoms. The number of nitrogens with zero attached hydrogens (tertiary/aromatic N) is 6. The van der Waals surface area contributed by atoms with Crippen molar-refractivity contribution in [2.45, 2.75) is 13.1 Å². The van der Waals surface area contributed by atoms with E-state index in [9.17, 15) is 0 Å². The fraction of sp³-hybridized carbons (Fsp3) is 0.500. The first-order valence-electron chi connectivity index (χ1n) is 9.06. The summed E-state index contributed by atoms with van der Waals surface area (Å²) >= 11 is 6.52. The molecule has 28 heavy (non-hydrogen) atoms. The molecular weight excluding hydrogens is 491 g/mol. The van der Waals surface area contributed by atoms with Crippen LogP contribution in [0.2, 0.25) is 5.02 Å². The molecule has 2 N–H and O–H groups in total. The fourth-order valence-corrected chi connectivity index (χ4v) is 3.34. The van der Waals surface area contributed by atoms with E-state index in [4.69, 9.17) is 11.6 Å². The van der Waals surface area contributed by atoms with E-state index in [1.165, 1.54) is 5.69 Å². The van der Waals surface area contributed by atoms with E-state index >= 15 is 0 Å². The number of halogens is 2. The van der Waals surface area contributed by atoms with Gasteiger partial charge in [0.15, 0.2) is 5.96 Å². The second-order valence-electron chi connectivity index (χ2n) is 6.61. The summed E-state index contributed by atoms with van der Waals surface area (Å²) in [4.78, 5) is 13.2. The standard InChI is InChI=1S/C18H27ClN8.HI/c1-20-18(22-12-17-23-13-24-26(17)3)21-11-14-15(19)5-4-6-16(14)27-9-7-25(2)8-10-27;/h4-6,13H,7-12H2,1-3H3,(H2,20,21,22);1H. The summed E-state index contributed by atoms with van der Waals surface area (Å²) in [5.41, 5.74) is 2.28. The Labute approximate surface area is 188 Å². The maximum Gasteiger partial charge on any atom is 0.191 e. The molecule has 0 unspecified atom stereocenters. The van der Waals surface area contributed by atoms with Crippen LogP contribution in [-0.2, 0) is 20.1 Å². The average molecular weight is 519 g/mol. The molecule has 2 heterocycles. The summed E-state index contributed by atoms with van der Waals surface area (Å²) in [7, 11) is 5.77. The quantitative estimate of drug-likeness (QED) is 0.357. The molecule has 0 amide bonds. The maximum absolute atomic E-state index is 6.52. The first-order valence-corrected chi connectivity index (χ1v) is 9.44. The van der Waals surface area contributed by atoms with Crippen LogP contribution in [0.25, 0.3) is 0 Å². The van der Waals surface area contributed by atoms with Gasteiger partial charge in [0, 0.05) is 63.1 Å². The van der Waals surface area contributed by atoms with E-state index in [0.29, 0.717) is 19.0 Å². The molecule has 0 bridgehead atoms. The van der Waals surface area contributed by atoms with Crippen molar-refractivity contribution < 1.29 is 0 Å². The number of likely N-dealkylation sites (N-methyl/N-ethyl adjacent to an activating group) is 1. The Morgan fingerprint density at radius 2 is 1.86 bits per heavy atom. The van der Waals surface area contributed by atoms with Crippen LogP contribution >= 0.6 is 35.6 Å². The Kier molecular flexibility index (Phi) is 8.77. The first-order chi connectivity index (χ1) is 13.1. The number of aromatic nitrogens is 3. The molecule has 2 aromatic rings. The number of hydrogen-bond donors (Lipinski definition) is 2. The topological polar surface area (TPSA) is 73.6 Å². The minimum absolute atomic E-state index is 0. The van der Waals surface area contributed by atoms with E-state index in [1.54, 1.807) is 18.1 Å². The predicted octanol–water partition coefficient (Wildman–Crippen LogP) is 1.70. The van der Waals surface area contributed by atoms with Crippen LogP contribution < -0.4 is 15.5 Å². The molecule has 0 radical (unpaired) electrons. The number of aliphatic imine (C=N–C) groups is 1. The summed E-state index contributed by atoms with van der Waals surface area (Å²) in [5.74, 6) is 1.54. The lowest BCUT2D eigenvalue weighted by molar-refractivity contribution is 0.312. The van der Waals surface area contributed by atoms with Gasteiger partial charge in [-0.25, -0.2) is 4.98 Å². The molecule has 1 aromatic heterocycles. The highest BCUT2D eigenvalue weighted by molar-refractivity contribution is 14.0. The minimum Gasteiger partial charge on any atom is -0.369 e. The van der Waals surface area contributed by atoms with E-state index in [2.05, 4.69) is 48.6 Å². The molecule has 1 aliphatic rings. The molecule has 0 atom stereocenters. The zero-order chi connectivity index (χ0) is 19.2. The number of piperazine rings is 1. The summed E-state index contributed by atoms with van der Waals surface area (Å²) in [6.45, 7) is 5.26. The summed E-state index contributed by atoms with van der Waals surface area (Å²) in [6.07, 6.45) is 1.54. The van der Waals surface area contributed by atoms with E-state index in [1.807, 2.05) is 19.2 Å². The van der Waals surface area contributed by atoms with Crippen molar-refractivity contribution in [2.24, 2.45) is 12.0 Å². The number of rotatable bonds is 5. The SMILES string of the molecule is CN=C(NCc1c(Cl)cccc1N1CCN(C)CC1)NCc1ncnn1C.I. The monoisotopic (exact) mass is 518 g/mol. The Morgan fingerprint density at radius 1 is 1.14 bits per heavy atom. The largest absolute Gasteiger partial charge is 0.369 e. The molecule has 154 valence electrons. The van der Waals surface area contributed by atoms with Crippen molar-refractivity contribution in [1.29, 1.82) is 0 Å². The van der Waals surface area contributed by atoms with Crippen LogP contribution in [-0.4, -0.2) is 65.9 Å². The van der Waals surface area contributed by atoms with Gasteiger partial charge in [0.05, 0.1) is 6.54 Å². The minimum atomic E-state index is 0. The second-order valence-corrected chi connectivity index (χ2v) is 7.01. The van der Waals surface area contributed by atoms with Crippen LogP contribution in [0, 0.1) is 0 Å². The first kappa shape index (κ1) is 22.7. The Balaban J connectivity index is 0.00000280. The number of aryl methyl sites for hydroxylation is 1. The molecule has 1 saturated heterocycles. The third-order valence-corrected chi connectivity index (χ3v) is 5.17. The lowest BCUT2D eigenvalue weighted by atomic mass is 10.1. The van der Waals surface area contributed by atoms with Crippen LogP contribution in [0.3, 0.4) is 0 Å². The highest BCUT2D eigenvalue weighted by Gasteiger charge is 2.18. The number of guanidine groups is 1. The van der Waals surface area contributed by atoms with Gasteiger partial charge in [-0.3, -0.25) is 9.67 Å². The molecule has 1 aromatic carbocycles. The van der Waals surface area contributed by atoms with Crippen LogP contribution in [0.4, 0.5) is 5.69 Å². The number of anilines is 1. The van der Waals surface area contributed by atoms with Gasteiger partial charge in [-0.05, 0) is 19.2 Å². The van der Waals surface area contributed by atoms with Crippen molar-refractivity contribution in [2.75, 3.05) is 45.2 Å². The molecule has 0 aliphatic carbocycles. The normalized spacial score (nSPS) is 15.3. The van der Waals surface area contributed by atoms with Crippen LogP contribution in [0.15, 0.2) is 29.5 Å². The molecular formula is C18H28ClIN8. The van der Waals surface area contributed by atoms with E-state index in [0.717, 1.165) is 42.6 Å². The van der Waals surface area contributed by atoms with Gasteiger partial charge in [0.25, 0.3) is 0 Å². The summed E-state index contributed by atoms with van der Waals surface area (Å²) < 4.78 is 1.74. The zero-order valence-electron chi connectivity index (χ0n) is 16.5. The summed E-state index contributed by atoms with van der Waals surface area (Å²) in [6, 6.07) is 6.10. The molecule has 10 heteroatoms. The zero-order valence-corrected chi connectivity index (χ0v) is 19.6. The fourth-order valence-electron chi connectivity index (χ4n) is 3.10. The lowest BCUT2D eigenvalue weighted by Crippen LogP contribution is -2.45. The van der Waals surface area contributed by atoms with Crippen molar-refractivity contribution in [3.63, 3.8) is 0 Å². The Bertz CT molecular complexity index is 786. The molecule has 1 fully saturated rings. The molecule has 1 aliphatic heterocycles. The van der Waals surface area contributed by atoms with Gasteiger partial charge < -0.3 is 20.4 Å². The number of hydrogen-bond acceptors (Lipinski definition) is 5. The lowest BCUT2D eigenvalue weighted by Gasteiger charge is -2.35. The Morgan fingerprint density at radius 3 is 2.50 bits per heavy atom. The summed E-state index contributed by atoms with van der Waals surface area (Å²) in [5, 5.41) is 11.5. The van der Waals surface area contributed by atoms with Crippen LogP contribution in [0.1, 0.15) is 11.4 Å². The molecule has 3 rings (SSSR count). The predicted molar refractivity (Wildman–Crippen MR) is 125 cm³/mol. The van der Waals surface area contributed by atoms with Crippen molar-refractivity contribution >= 4 is 47.2 Å². The van der Waals surface area contributed by atoms with Gasteiger partial charge >= 0.3 is 0 Å². The van der Waals surface area contributed by atoms with Gasteiger partial charge in [-0.1, -0.05) is 17.7 Å². The number of nitrogens with one attached hydrogen (secondary N) is 2. The Hall–Kier alpha value is -1.59. The molecule has 0 saturated carbocycles. The highest BCUT2D eigenvalue weighted by atomic mass is 127.